The molecule has 0 amide bonds. The van der Waals surface area contributed by atoms with Gasteiger partial charge in [0.25, 0.3) is 0 Å². The molecule has 0 N–H and O–H groups in total. The zero-order chi connectivity index (χ0) is 24.5. The van der Waals surface area contributed by atoms with E-state index in [9.17, 15) is 0 Å². The first-order valence-corrected chi connectivity index (χ1v) is 11.3. The van der Waals surface area contributed by atoms with Crippen LogP contribution in [0.1, 0.15) is 43.2 Å². The molecule has 0 radical (unpaired) electrons. The molecule has 172 valence electrons. The molecule has 2 fully saturated rings. The average Bonchev–Trinajstić information content (AvgIpc) is 2.82. The quantitative estimate of drug-likeness (QED) is 0.319. The molecule has 0 aromatic heterocycles. The van der Waals surface area contributed by atoms with Gasteiger partial charge in [0.1, 0.15) is 0 Å². The van der Waals surface area contributed by atoms with Gasteiger partial charge in [0, 0.05) is 0 Å². The molecule has 2 atom stereocenters. The van der Waals surface area contributed by atoms with Crippen LogP contribution in [0.3, 0.4) is 0 Å². The van der Waals surface area contributed by atoms with Gasteiger partial charge in [0.05, 0.1) is 0 Å². The van der Waals surface area contributed by atoms with Crippen molar-refractivity contribution in [1.82, 2.24) is 0 Å². The summed E-state index contributed by atoms with van der Waals surface area (Å²) in [6, 6.07) is 8.32. The van der Waals surface area contributed by atoms with Crippen molar-refractivity contribution >= 4 is 56.6 Å². The van der Waals surface area contributed by atoms with Crippen molar-refractivity contribution in [3.05, 3.63) is 52.2 Å². The van der Waals surface area contributed by atoms with E-state index in [0.717, 1.165) is 24.9 Å². The summed E-state index contributed by atoms with van der Waals surface area (Å²) in [5.41, 5.74) is 2.63. The molecule has 1 aromatic carbocycles. The Labute approximate surface area is 231 Å². The molecule has 3 aliphatic rings. The molecule has 0 spiro atoms. The number of fused-ring (bicyclic) bond motifs is 2. The summed E-state index contributed by atoms with van der Waals surface area (Å²) < 4.78 is 0. The monoisotopic (exact) mass is 552 g/mol. The van der Waals surface area contributed by atoms with Crippen molar-refractivity contribution in [2.75, 3.05) is 13.1 Å². The topological polar surface area (TPSA) is 123 Å². The van der Waals surface area contributed by atoms with Crippen LogP contribution in [0.2, 0.25) is 0 Å². The smallest absolute Gasteiger partial charge is 0.696 e. The van der Waals surface area contributed by atoms with Crippen LogP contribution in [0, 0.1) is 54.5 Å². The summed E-state index contributed by atoms with van der Waals surface area (Å²) in [6.45, 7) is 3.18. The molecule has 2 heterocycles. The van der Waals surface area contributed by atoms with Crippen molar-refractivity contribution in [2.45, 2.75) is 38.6 Å². The van der Waals surface area contributed by atoms with Gasteiger partial charge in [0.2, 0.25) is 0 Å². The maximum Gasteiger partial charge on any atom is 6.00 e. The summed E-state index contributed by atoms with van der Waals surface area (Å²) in [5.74, 6) is 2.05. The molecule has 2 aliphatic heterocycles. The van der Waals surface area contributed by atoms with Crippen LogP contribution in [0.25, 0.3) is 16.7 Å². The van der Waals surface area contributed by atoms with Gasteiger partial charge >= 0.3 is 17.4 Å². The van der Waals surface area contributed by atoms with Crippen LogP contribution < -0.4 is 0 Å². The molecule has 2 unspecified atom stereocenters. The molecule has 6 nitrogen and oxygen atoms in total. The third kappa shape index (κ3) is 20.4. The van der Waals surface area contributed by atoms with E-state index in [4.69, 9.17) is 21.0 Å². The number of nitriles is 4. The van der Waals surface area contributed by atoms with Gasteiger partial charge in [-0.25, -0.2) is 21.0 Å². The second kappa shape index (κ2) is 28.1. The maximum atomic E-state index is 7.13. The van der Waals surface area contributed by atoms with Crippen molar-refractivity contribution in [3.63, 3.8) is 0 Å². The Kier molecular flexibility index (Phi) is 30.4. The zero-order valence-electron chi connectivity index (χ0n) is 18.0. The second-order valence-corrected chi connectivity index (χ2v) is 7.17. The van der Waals surface area contributed by atoms with Crippen LogP contribution in [-0.4, -0.2) is 13.1 Å². The minimum atomic E-state index is 0. The minimum Gasteiger partial charge on any atom is -0.696 e. The Balaban J connectivity index is -0.000000367. The first kappa shape index (κ1) is 35.7. The summed E-state index contributed by atoms with van der Waals surface area (Å²) in [4.78, 5) is 0. The van der Waals surface area contributed by atoms with E-state index < -0.39 is 0 Å². The molecule has 11 heteroatoms. The Morgan fingerprint density at radius 2 is 1.30 bits per heavy atom. The first-order chi connectivity index (χ1) is 15.6. The van der Waals surface area contributed by atoms with Gasteiger partial charge in [-0.05, 0) is 11.5 Å². The Hall–Kier alpha value is -1.91. The summed E-state index contributed by atoms with van der Waals surface area (Å²) in [6.07, 6.45) is 11.2. The summed E-state index contributed by atoms with van der Waals surface area (Å²) >= 11 is 14.8. The molecule has 1 aliphatic carbocycles. The van der Waals surface area contributed by atoms with Gasteiger partial charge in [-0.1, -0.05) is 95.5 Å². The van der Waals surface area contributed by atoms with E-state index in [1.165, 1.54) is 71.4 Å². The largest absolute Gasteiger partial charge is 6.00 e. The standard InChI is InChI=1S/C9H16N.C9H8N.4CHNS.Cr/c2*1-2-4-9-7-10-6-5-8(9)3-1;4*2-1-3;/h8-9H,1-7H2;1-6H,7H2;4*3H;/q2*-1;;;;;+6/p-4. The number of hydrogen-bond acceptors (Lipinski definition) is 8. The van der Waals surface area contributed by atoms with E-state index in [0.29, 0.717) is 0 Å². The second-order valence-electron chi connectivity index (χ2n) is 6.44. The van der Waals surface area contributed by atoms with E-state index in [1.807, 2.05) is 18.3 Å². The van der Waals surface area contributed by atoms with Crippen LogP contribution >= 0.6 is 0 Å². The van der Waals surface area contributed by atoms with Crippen molar-refractivity contribution in [3.8, 4) is 21.6 Å². The number of nitrogens with zero attached hydrogens (tertiary/aromatic N) is 6. The van der Waals surface area contributed by atoms with Gasteiger partial charge in [-0.2, -0.15) is 6.20 Å². The van der Waals surface area contributed by atoms with Crippen molar-refractivity contribution in [1.29, 1.82) is 21.0 Å². The minimum absolute atomic E-state index is 0. The van der Waals surface area contributed by atoms with E-state index in [-0.39, 0.29) is 17.4 Å². The van der Waals surface area contributed by atoms with Crippen LogP contribution in [-0.2, 0) is 74.4 Å². The SMILES string of the molecule is C1=Cc2ccccc2C[N-]1.C1CCC2C[N-]CCC2C1.N#C[S-].N#C[S-].N#C[S-].N#C[S-].[Cr+6]. The molecule has 33 heavy (non-hydrogen) atoms. The number of rotatable bonds is 0. The molecule has 0 bridgehead atoms. The van der Waals surface area contributed by atoms with Gasteiger partial charge in [-0.3, -0.25) is 0 Å². The van der Waals surface area contributed by atoms with Gasteiger partial charge < -0.3 is 61.1 Å². The van der Waals surface area contributed by atoms with Gasteiger partial charge in [0.15, 0.2) is 0 Å². The normalized spacial score (nSPS) is 17.5. The third-order valence-electron chi connectivity index (χ3n) is 4.76. The predicted molar refractivity (Wildman–Crippen MR) is 138 cm³/mol. The summed E-state index contributed by atoms with van der Waals surface area (Å²) in [5, 5.41) is 42.5. The fraction of sp³-hybridized carbons (Fsp3) is 0.455. The third-order valence-corrected chi connectivity index (χ3v) is 4.76. The molecule has 1 saturated carbocycles. The van der Waals surface area contributed by atoms with Crippen molar-refractivity contribution in [2.24, 2.45) is 11.8 Å². The molecule has 1 aromatic rings. The Bertz CT molecular complexity index is 722. The number of thiocyanates is 4. The van der Waals surface area contributed by atoms with E-state index in [1.54, 1.807) is 0 Å². The zero-order valence-corrected chi connectivity index (χ0v) is 22.5. The van der Waals surface area contributed by atoms with E-state index >= 15 is 0 Å². The van der Waals surface area contributed by atoms with Crippen LogP contribution in [0.15, 0.2) is 30.5 Å². The number of piperidine rings is 1. The number of hydrogen-bond donors (Lipinski definition) is 0. The maximum absolute atomic E-state index is 7.13. The molecular formula is C22H24CrN6S4. The van der Waals surface area contributed by atoms with Crippen molar-refractivity contribution < 1.29 is 17.4 Å². The average molecular weight is 553 g/mol. The molecular weight excluding hydrogens is 529 g/mol. The fourth-order valence-electron chi connectivity index (χ4n) is 3.54. The first-order valence-electron chi connectivity index (χ1n) is 9.69. The fourth-order valence-corrected chi connectivity index (χ4v) is 3.54. The predicted octanol–water partition coefficient (Wildman–Crippen LogP) is 5.17. The van der Waals surface area contributed by atoms with Crippen LogP contribution in [0.5, 0.6) is 0 Å². The summed E-state index contributed by atoms with van der Waals surface area (Å²) in [7, 11) is 0. The Morgan fingerprint density at radius 1 is 0.788 bits per heavy atom. The Morgan fingerprint density at radius 3 is 1.82 bits per heavy atom. The van der Waals surface area contributed by atoms with Gasteiger partial charge in [-0.15, -0.1) is 19.6 Å². The van der Waals surface area contributed by atoms with E-state index in [2.05, 4.69) is 79.3 Å². The molecule has 1 saturated heterocycles. The molecule has 4 rings (SSSR count). The van der Waals surface area contributed by atoms with Crippen LogP contribution in [0.4, 0.5) is 0 Å². The number of benzene rings is 1.